The first kappa shape index (κ1) is 9.67. The van der Waals surface area contributed by atoms with Gasteiger partial charge in [0.05, 0.1) is 18.5 Å². The molecular formula is C7H14N2O2S. The van der Waals surface area contributed by atoms with Crippen LogP contribution in [0.4, 0.5) is 0 Å². The van der Waals surface area contributed by atoms with Crippen LogP contribution in [0.2, 0.25) is 0 Å². The molecule has 12 heavy (non-hydrogen) atoms. The first-order valence-corrected chi connectivity index (χ1v) is 4.86. The van der Waals surface area contributed by atoms with Gasteiger partial charge in [-0.3, -0.25) is 0 Å². The first-order chi connectivity index (χ1) is 5.72. The molecule has 1 unspecified atom stereocenters. The summed E-state index contributed by atoms with van der Waals surface area (Å²) in [7, 11) is 0. The molecular weight excluding hydrogens is 176 g/mol. The first-order valence-electron chi connectivity index (χ1n) is 3.92. The SMILES string of the molecule is CC(CC(N)=NO)SC1COC1. The van der Waals surface area contributed by atoms with Crippen LogP contribution in [-0.2, 0) is 4.74 Å². The van der Waals surface area contributed by atoms with Crippen LogP contribution < -0.4 is 5.73 Å². The smallest absolute Gasteiger partial charge is 0.140 e. The van der Waals surface area contributed by atoms with Gasteiger partial charge in [-0.25, -0.2) is 0 Å². The van der Waals surface area contributed by atoms with Gasteiger partial charge in [0, 0.05) is 11.7 Å². The molecule has 3 N–H and O–H groups in total. The van der Waals surface area contributed by atoms with E-state index in [9.17, 15) is 0 Å². The predicted molar refractivity (Wildman–Crippen MR) is 49.7 cm³/mol. The van der Waals surface area contributed by atoms with Crippen LogP contribution in [0.1, 0.15) is 13.3 Å². The molecule has 0 aromatic rings. The Hall–Kier alpha value is -0.420. The minimum absolute atomic E-state index is 0.301. The van der Waals surface area contributed by atoms with Crippen molar-refractivity contribution >= 4 is 17.6 Å². The maximum Gasteiger partial charge on any atom is 0.140 e. The maximum atomic E-state index is 8.32. The fourth-order valence-electron chi connectivity index (χ4n) is 1.00. The van der Waals surface area contributed by atoms with Crippen molar-refractivity contribution in [1.82, 2.24) is 0 Å². The lowest BCUT2D eigenvalue weighted by atomic mass is 10.3. The number of rotatable bonds is 4. The Balaban J connectivity index is 2.14. The molecule has 0 aliphatic carbocycles. The van der Waals surface area contributed by atoms with Gasteiger partial charge in [0.25, 0.3) is 0 Å². The summed E-state index contributed by atoms with van der Waals surface area (Å²) in [5.41, 5.74) is 5.36. The Morgan fingerprint density at radius 1 is 1.83 bits per heavy atom. The van der Waals surface area contributed by atoms with Crippen LogP contribution >= 0.6 is 11.8 Å². The van der Waals surface area contributed by atoms with E-state index < -0.39 is 0 Å². The van der Waals surface area contributed by atoms with E-state index in [0.29, 0.717) is 22.8 Å². The average molecular weight is 190 g/mol. The Bertz CT molecular complexity index is 171. The average Bonchev–Trinajstić information content (AvgIpc) is 1.97. The lowest BCUT2D eigenvalue weighted by Crippen LogP contribution is -2.32. The molecule has 1 aliphatic rings. The van der Waals surface area contributed by atoms with Gasteiger partial charge in [0.1, 0.15) is 5.84 Å². The van der Waals surface area contributed by atoms with E-state index >= 15 is 0 Å². The summed E-state index contributed by atoms with van der Waals surface area (Å²) in [6.45, 7) is 3.75. The van der Waals surface area contributed by atoms with Gasteiger partial charge >= 0.3 is 0 Å². The van der Waals surface area contributed by atoms with E-state index in [1.807, 2.05) is 11.8 Å². The Labute approximate surface area is 76.1 Å². The molecule has 4 nitrogen and oxygen atoms in total. The van der Waals surface area contributed by atoms with Gasteiger partial charge in [0.2, 0.25) is 0 Å². The zero-order chi connectivity index (χ0) is 8.97. The molecule has 1 rings (SSSR count). The van der Waals surface area contributed by atoms with Crippen molar-refractivity contribution in [3.05, 3.63) is 0 Å². The summed E-state index contributed by atoms with van der Waals surface area (Å²) in [4.78, 5) is 0. The third kappa shape index (κ3) is 2.91. The van der Waals surface area contributed by atoms with Gasteiger partial charge in [-0.15, -0.1) is 0 Å². The number of hydrogen-bond donors (Lipinski definition) is 2. The third-order valence-corrected chi connectivity index (χ3v) is 2.95. The second-order valence-electron chi connectivity index (χ2n) is 2.90. The van der Waals surface area contributed by atoms with Gasteiger partial charge in [-0.1, -0.05) is 12.1 Å². The summed E-state index contributed by atoms with van der Waals surface area (Å²) in [6, 6.07) is 0. The fourth-order valence-corrected chi connectivity index (χ4v) is 2.28. The summed E-state index contributed by atoms with van der Waals surface area (Å²) in [6.07, 6.45) is 0.637. The third-order valence-electron chi connectivity index (χ3n) is 1.66. The summed E-state index contributed by atoms with van der Waals surface area (Å²) < 4.78 is 5.04. The van der Waals surface area contributed by atoms with Crippen LogP contribution in [0, 0.1) is 0 Å². The van der Waals surface area contributed by atoms with E-state index in [1.54, 1.807) is 0 Å². The van der Waals surface area contributed by atoms with Gasteiger partial charge in [-0.2, -0.15) is 11.8 Å². The Kier molecular flexibility index (Phi) is 3.68. The van der Waals surface area contributed by atoms with Crippen LogP contribution in [0.5, 0.6) is 0 Å². The number of nitrogens with two attached hydrogens (primary N) is 1. The molecule has 0 radical (unpaired) electrons. The normalized spacial score (nSPS) is 21.9. The molecule has 0 aromatic heterocycles. The zero-order valence-corrected chi connectivity index (χ0v) is 7.88. The quantitative estimate of drug-likeness (QED) is 0.295. The molecule has 0 bridgehead atoms. The summed E-state index contributed by atoms with van der Waals surface area (Å²) in [5, 5.41) is 12.2. The lowest BCUT2D eigenvalue weighted by molar-refractivity contribution is 0.0453. The van der Waals surface area contributed by atoms with Crippen molar-refractivity contribution in [2.75, 3.05) is 13.2 Å². The molecule has 5 heteroatoms. The summed E-state index contributed by atoms with van der Waals surface area (Å²) in [5.74, 6) is 0.301. The van der Waals surface area contributed by atoms with Crippen LogP contribution in [0.25, 0.3) is 0 Å². The van der Waals surface area contributed by atoms with E-state index in [-0.39, 0.29) is 0 Å². The molecule has 1 aliphatic heterocycles. The number of hydrogen-bond acceptors (Lipinski definition) is 4. The van der Waals surface area contributed by atoms with Crippen LogP contribution in [0.3, 0.4) is 0 Å². The predicted octanol–water partition coefficient (Wildman–Crippen LogP) is 0.643. The van der Waals surface area contributed by atoms with Crippen molar-refractivity contribution in [3.63, 3.8) is 0 Å². The molecule has 0 aromatic carbocycles. The van der Waals surface area contributed by atoms with Crippen molar-refractivity contribution in [1.29, 1.82) is 0 Å². The molecule has 1 heterocycles. The molecule has 70 valence electrons. The number of thioether (sulfide) groups is 1. The van der Waals surface area contributed by atoms with Crippen molar-refractivity contribution in [2.24, 2.45) is 10.9 Å². The number of ether oxygens (including phenoxy) is 1. The maximum absolute atomic E-state index is 8.32. The van der Waals surface area contributed by atoms with Crippen LogP contribution in [-0.4, -0.2) is 34.8 Å². The lowest BCUT2D eigenvalue weighted by Gasteiger charge is -2.27. The monoisotopic (exact) mass is 190 g/mol. The summed E-state index contributed by atoms with van der Waals surface area (Å²) >= 11 is 1.83. The highest BCUT2D eigenvalue weighted by atomic mass is 32.2. The second kappa shape index (κ2) is 4.57. The standard InChI is InChI=1S/C7H14N2O2S/c1-5(2-7(8)9-10)12-6-3-11-4-6/h5-6,10H,2-4H2,1H3,(H2,8,9). The zero-order valence-electron chi connectivity index (χ0n) is 7.06. The van der Waals surface area contributed by atoms with E-state index in [2.05, 4.69) is 12.1 Å². The molecule has 1 fully saturated rings. The minimum atomic E-state index is 0.301. The van der Waals surface area contributed by atoms with E-state index in [4.69, 9.17) is 15.7 Å². The number of oxime groups is 1. The molecule has 1 atom stereocenters. The molecule has 0 amide bonds. The minimum Gasteiger partial charge on any atom is -0.409 e. The molecule has 1 saturated heterocycles. The highest BCUT2D eigenvalue weighted by molar-refractivity contribution is 8.00. The molecule has 0 spiro atoms. The highest BCUT2D eigenvalue weighted by Gasteiger charge is 2.21. The fraction of sp³-hybridized carbons (Fsp3) is 0.857. The Morgan fingerprint density at radius 3 is 2.92 bits per heavy atom. The number of amidine groups is 1. The van der Waals surface area contributed by atoms with Crippen molar-refractivity contribution in [2.45, 2.75) is 23.8 Å². The number of nitrogens with zero attached hydrogens (tertiary/aromatic N) is 1. The molecule has 0 saturated carbocycles. The van der Waals surface area contributed by atoms with Crippen molar-refractivity contribution in [3.8, 4) is 0 Å². The Morgan fingerprint density at radius 2 is 2.50 bits per heavy atom. The van der Waals surface area contributed by atoms with Gasteiger partial charge in [-0.05, 0) is 0 Å². The van der Waals surface area contributed by atoms with E-state index in [0.717, 1.165) is 13.2 Å². The van der Waals surface area contributed by atoms with Crippen LogP contribution in [0.15, 0.2) is 5.16 Å². The largest absolute Gasteiger partial charge is 0.409 e. The topological polar surface area (TPSA) is 67.8 Å². The highest BCUT2D eigenvalue weighted by Crippen LogP contribution is 2.25. The van der Waals surface area contributed by atoms with Gasteiger partial charge in [0.15, 0.2) is 0 Å². The van der Waals surface area contributed by atoms with Gasteiger partial charge < -0.3 is 15.7 Å². The van der Waals surface area contributed by atoms with Crippen molar-refractivity contribution < 1.29 is 9.94 Å². The second-order valence-corrected chi connectivity index (χ2v) is 4.65. The van der Waals surface area contributed by atoms with E-state index in [1.165, 1.54) is 0 Å².